The van der Waals surface area contributed by atoms with E-state index in [1.165, 1.54) is 7.11 Å². The van der Waals surface area contributed by atoms with E-state index in [1.807, 2.05) is 13.8 Å². The maximum atomic E-state index is 11.7. The fraction of sp³-hybridized carbons (Fsp3) is 0.750. The molecule has 0 aliphatic rings. The third-order valence-corrected chi connectivity index (χ3v) is 2.33. The van der Waals surface area contributed by atoms with E-state index in [9.17, 15) is 14.4 Å². The van der Waals surface area contributed by atoms with Gasteiger partial charge in [-0.2, -0.15) is 0 Å². The Morgan fingerprint density at radius 2 is 1.79 bits per heavy atom. The van der Waals surface area contributed by atoms with Crippen molar-refractivity contribution in [3.63, 3.8) is 0 Å². The summed E-state index contributed by atoms with van der Waals surface area (Å²) >= 11 is 0. The highest BCUT2D eigenvalue weighted by Gasteiger charge is 2.29. The smallest absolute Gasteiger partial charge is 0.332 e. The molecule has 0 aromatic heterocycles. The van der Waals surface area contributed by atoms with Crippen molar-refractivity contribution in [2.45, 2.75) is 39.3 Å². The SMILES string of the molecule is CCOC(=O)C(N)C(=O)NC(CC(C)C)C(=O)OC. The lowest BCUT2D eigenvalue weighted by atomic mass is 10.0. The summed E-state index contributed by atoms with van der Waals surface area (Å²) in [5, 5.41) is 2.40. The lowest BCUT2D eigenvalue weighted by molar-refractivity contribution is -0.151. The Morgan fingerprint density at radius 1 is 1.21 bits per heavy atom. The van der Waals surface area contributed by atoms with E-state index < -0.39 is 29.9 Å². The van der Waals surface area contributed by atoms with Crippen LogP contribution in [0.25, 0.3) is 0 Å². The Labute approximate surface area is 112 Å². The van der Waals surface area contributed by atoms with Crippen molar-refractivity contribution in [2.75, 3.05) is 13.7 Å². The number of hydrogen-bond acceptors (Lipinski definition) is 6. The van der Waals surface area contributed by atoms with Crippen LogP contribution in [0.4, 0.5) is 0 Å². The van der Waals surface area contributed by atoms with E-state index >= 15 is 0 Å². The number of carbonyl (C=O) groups is 3. The third-order valence-electron chi connectivity index (χ3n) is 2.33. The van der Waals surface area contributed by atoms with Crippen LogP contribution in [0, 0.1) is 5.92 Å². The minimum Gasteiger partial charge on any atom is -0.467 e. The largest absolute Gasteiger partial charge is 0.467 e. The van der Waals surface area contributed by atoms with E-state index in [0.717, 1.165) is 0 Å². The first-order valence-electron chi connectivity index (χ1n) is 6.13. The highest BCUT2D eigenvalue weighted by Crippen LogP contribution is 2.06. The summed E-state index contributed by atoms with van der Waals surface area (Å²) < 4.78 is 9.22. The topological polar surface area (TPSA) is 108 Å². The number of nitrogens with two attached hydrogens (primary N) is 1. The zero-order chi connectivity index (χ0) is 15.0. The van der Waals surface area contributed by atoms with Crippen molar-refractivity contribution >= 4 is 17.8 Å². The quantitative estimate of drug-likeness (QED) is 0.482. The van der Waals surface area contributed by atoms with Gasteiger partial charge < -0.3 is 20.5 Å². The Kier molecular flexibility index (Phi) is 7.74. The molecular weight excluding hydrogens is 252 g/mol. The molecule has 0 bridgehead atoms. The Balaban J connectivity index is 4.61. The molecule has 7 heteroatoms. The van der Waals surface area contributed by atoms with Gasteiger partial charge in [-0.15, -0.1) is 0 Å². The van der Waals surface area contributed by atoms with Crippen LogP contribution in [0.2, 0.25) is 0 Å². The molecule has 0 aliphatic carbocycles. The van der Waals surface area contributed by atoms with E-state index in [0.29, 0.717) is 6.42 Å². The lowest BCUT2D eigenvalue weighted by Crippen LogP contribution is -2.52. The van der Waals surface area contributed by atoms with Gasteiger partial charge in [-0.3, -0.25) is 4.79 Å². The summed E-state index contributed by atoms with van der Waals surface area (Å²) in [5.41, 5.74) is 5.43. The third kappa shape index (κ3) is 6.19. The second-order valence-corrected chi connectivity index (χ2v) is 4.44. The number of methoxy groups -OCH3 is 1. The van der Waals surface area contributed by atoms with Crippen molar-refractivity contribution in [3.05, 3.63) is 0 Å². The van der Waals surface area contributed by atoms with Crippen molar-refractivity contribution in [1.82, 2.24) is 5.32 Å². The first-order chi connectivity index (χ1) is 8.83. The fourth-order valence-corrected chi connectivity index (χ4v) is 1.43. The number of ether oxygens (including phenoxy) is 2. The molecule has 19 heavy (non-hydrogen) atoms. The molecule has 110 valence electrons. The van der Waals surface area contributed by atoms with Gasteiger partial charge in [0.25, 0.3) is 0 Å². The molecule has 0 spiro atoms. The van der Waals surface area contributed by atoms with Crippen LogP contribution < -0.4 is 11.1 Å². The van der Waals surface area contributed by atoms with Gasteiger partial charge in [0.1, 0.15) is 6.04 Å². The maximum Gasteiger partial charge on any atom is 0.332 e. The van der Waals surface area contributed by atoms with Gasteiger partial charge in [0.05, 0.1) is 13.7 Å². The van der Waals surface area contributed by atoms with Crippen molar-refractivity contribution in [3.8, 4) is 0 Å². The average molecular weight is 274 g/mol. The minimum absolute atomic E-state index is 0.131. The summed E-state index contributed by atoms with van der Waals surface area (Å²) in [7, 11) is 1.23. The van der Waals surface area contributed by atoms with Crippen LogP contribution in [-0.2, 0) is 23.9 Å². The van der Waals surface area contributed by atoms with Gasteiger partial charge in [0.15, 0.2) is 6.04 Å². The molecule has 0 aromatic carbocycles. The highest BCUT2D eigenvalue weighted by molar-refractivity contribution is 6.02. The molecule has 0 radical (unpaired) electrons. The van der Waals surface area contributed by atoms with Crippen LogP contribution in [0.5, 0.6) is 0 Å². The predicted octanol–water partition coefficient (Wildman–Crippen LogP) is -0.419. The first kappa shape index (κ1) is 17.4. The number of hydrogen-bond donors (Lipinski definition) is 2. The molecule has 0 aromatic rings. The van der Waals surface area contributed by atoms with E-state index in [4.69, 9.17) is 5.73 Å². The summed E-state index contributed by atoms with van der Waals surface area (Å²) in [6.45, 7) is 5.53. The summed E-state index contributed by atoms with van der Waals surface area (Å²) in [5.74, 6) is -1.98. The molecule has 2 atom stereocenters. The van der Waals surface area contributed by atoms with Gasteiger partial charge in [0.2, 0.25) is 5.91 Å². The molecule has 0 saturated heterocycles. The van der Waals surface area contributed by atoms with E-state index in [2.05, 4.69) is 14.8 Å². The molecule has 0 saturated carbocycles. The van der Waals surface area contributed by atoms with Gasteiger partial charge >= 0.3 is 11.9 Å². The molecule has 0 heterocycles. The van der Waals surface area contributed by atoms with Gasteiger partial charge in [-0.05, 0) is 19.3 Å². The predicted molar refractivity (Wildman–Crippen MR) is 68.0 cm³/mol. The number of esters is 2. The normalized spacial score (nSPS) is 13.6. The second-order valence-electron chi connectivity index (χ2n) is 4.44. The summed E-state index contributed by atoms with van der Waals surface area (Å²) in [4.78, 5) is 34.5. The van der Waals surface area contributed by atoms with Gasteiger partial charge in [-0.1, -0.05) is 13.8 Å². The molecular formula is C12H22N2O5. The van der Waals surface area contributed by atoms with Crippen molar-refractivity contribution in [2.24, 2.45) is 11.7 Å². The standard InChI is InChI=1S/C12H22N2O5/c1-5-19-12(17)9(13)10(15)14-8(6-7(2)3)11(16)18-4/h7-9H,5-6,13H2,1-4H3,(H,14,15). The van der Waals surface area contributed by atoms with Gasteiger partial charge in [-0.25, -0.2) is 9.59 Å². The van der Waals surface area contributed by atoms with E-state index in [1.54, 1.807) is 6.92 Å². The molecule has 7 nitrogen and oxygen atoms in total. The van der Waals surface area contributed by atoms with Gasteiger partial charge in [0, 0.05) is 0 Å². The average Bonchev–Trinajstić information content (AvgIpc) is 2.35. The molecule has 0 rings (SSSR count). The zero-order valence-electron chi connectivity index (χ0n) is 11.8. The number of nitrogens with one attached hydrogen (secondary N) is 1. The molecule has 2 unspecified atom stereocenters. The van der Waals surface area contributed by atoms with Crippen LogP contribution in [0.3, 0.4) is 0 Å². The zero-order valence-corrected chi connectivity index (χ0v) is 11.8. The second kappa shape index (κ2) is 8.47. The maximum absolute atomic E-state index is 11.7. The monoisotopic (exact) mass is 274 g/mol. The molecule has 0 fully saturated rings. The number of carbonyl (C=O) groups excluding carboxylic acids is 3. The van der Waals surface area contributed by atoms with Crippen LogP contribution >= 0.6 is 0 Å². The molecule has 0 aliphatic heterocycles. The Morgan fingerprint density at radius 3 is 2.21 bits per heavy atom. The molecule has 3 N–H and O–H groups in total. The minimum atomic E-state index is -1.45. The Hall–Kier alpha value is -1.63. The lowest BCUT2D eigenvalue weighted by Gasteiger charge is -2.19. The number of rotatable bonds is 7. The van der Waals surface area contributed by atoms with Crippen molar-refractivity contribution < 1.29 is 23.9 Å². The van der Waals surface area contributed by atoms with E-state index in [-0.39, 0.29) is 12.5 Å². The molecule has 1 amide bonds. The number of amides is 1. The van der Waals surface area contributed by atoms with Crippen LogP contribution in [-0.4, -0.2) is 43.6 Å². The summed E-state index contributed by atoms with van der Waals surface area (Å²) in [6, 6.07) is -2.27. The van der Waals surface area contributed by atoms with Crippen LogP contribution in [0.15, 0.2) is 0 Å². The van der Waals surface area contributed by atoms with Crippen LogP contribution in [0.1, 0.15) is 27.2 Å². The van der Waals surface area contributed by atoms with Crippen molar-refractivity contribution in [1.29, 1.82) is 0 Å². The highest BCUT2D eigenvalue weighted by atomic mass is 16.5. The first-order valence-corrected chi connectivity index (χ1v) is 6.13. The Bertz CT molecular complexity index is 330. The fourth-order valence-electron chi connectivity index (χ4n) is 1.43. The summed E-state index contributed by atoms with van der Waals surface area (Å²) in [6.07, 6.45) is 0.397.